The lowest BCUT2D eigenvalue weighted by Gasteiger charge is -2.25. The highest BCUT2D eigenvalue weighted by molar-refractivity contribution is 5.37. The fraction of sp³-hybridized carbons (Fsp3) is 0.600. The molecule has 1 heterocycles. The van der Waals surface area contributed by atoms with Crippen LogP contribution in [0, 0.1) is 12.8 Å². The molecule has 1 aliphatic heterocycles. The molecule has 0 spiro atoms. The van der Waals surface area contributed by atoms with Gasteiger partial charge in [-0.15, -0.1) is 0 Å². The fourth-order valence-corrected chi connectivity index (χ4v) is 3.42. The molecule has 0 saturated carbocycles. The number of aryl methyl sites for hydroxylation is 2. The Bertz CT molecular complexity index is 413. The average molecular weight is 230 g/mol. The van der Waals surface area contributed by atoms with Crippen molar-refractivity contribution >= 4 is 0 Å². The van der Waals surface area contributed by atoms with Gasteiger partial charge in [-0.1, -0.05) is 23.8 Å². The Morgan fingerprint density at radius 3 is 3.00 bits per heavy atom. The first-order chi connectivity index (χ1) is 8.28. The van der Waals surface area contributed by atoms with Gasteiger partial charge >= 0.3 is 0 Å². The number of hydrogen-bond acceptors (Lipinski definition) is 2. The molecular weight excluding hydrogens is 208 g/mol. The zero-order chi connectivity index (χ0) is 11.8. The van der Waals surface area contributed by atoms with Gasteiger partial charge in [-0.25, -0.2) is 0 Å². The monoisotopic (exact) mass is 230 g/mol. The van der Waals surface area contributed by atoms with Crippen molar-refractivity contribution in [2.24, 2.45) is 11.7 Å². The summed E-state index contributed by atoms with van der Waals surface area (Å²) in [6.45, 7) is 5.49. The Kier molecular flexibility index (Phi) is 2.93. The number of rotatable bonds is 2. The molecule has 2 heteroatoms. The predicted octanol–water partition coefficient (Wildman–Crippen LogP) is 2.26. The van der Waals surface area contributed by atoms with Crippen molar-refractivity contribution in [3.63, 3.8) is 0 Å². The Morgan fingerprint density at radius 2 is 2.24 bits per heavy atom. The van der Waals surface area contributed by atoms with Gasteiger partial charge < -0.3 is 5.73 Å². The van der Waals surface area contributed by atoms with Gasteiger partial charge in [0.05, 0.1) is 0 Å². The topological polar surface area (TPSA) is 29.3 Å². The maximum Gasteiger partial charge on any atom is 0.0354 e. The normalized spacial score (nSPS) is 28.6. The van der Waals surface area contributed by atoms with Crippen molar-refractivity contribution < 1.29 is 0 Å². The quantitative estimate of drug-likeness (QED) is 0.844. The van der Waals surface area contributed by atoms with Gasteiger partial charge in [0, 0.05) is 12.6 Å². The molecule has 2 nitrogen and oxygen atoms in total. The van der Waals surface area contributed by atoms with E-state index < -0.39 is 0 Å². The maximum absolute atomic E-state index is 5.79. The standard InChI is InChI=1S/C15H22N2/c1-11-2-3-13-4-5-15(14(13)8-11)17-7-6-12(9-16)10-17/h2-3,8,12,15H,4-7,9-10,16H2,1H3. The Morgan fingerprint density at radius 1 is 1.35 bits per heavy atom. The number of nitrogens with two attached hydrogens (primary N) is 1. The van der Waals surface area contributed by atoms with Crippen molar-refractivity contribution in [2.75, 3.05) is 19.6 Å². The molecule has 0 bridgehead atoms. The minimum Gasteiger partial charge on any atom is -0.330 e. The summed E-state index contributed by atoms with van der Waals surface area (Å²) in [4.78, 5) is 2.66. The predicted molar refractivity (Wildman–Crippen MR) is 71.0 cm³/mol. The van der Waals surface area contributed by atoms with Crippen LogP contribution in [0.2, 0.25) is 0 Å². The molecular formula is C15H22N2. The second-order valence-corrected chi connectivity index (χ2v) is 5.64. The van der Waals surface area contributed by atoms with Gasteiger partial charge in [-0.3, -0.25) is 4.90 Å². The van der Waals surface area contributed by atoms with Crippen molar-refractivity contribution in [1.82, 2.24) is 4.90 Å². The second-order valence-electron chi connectivity index (χ2n) is 5.64. The van der Waals surface area contributed by atoms with Gasteiger partial charge in [-0.2, -0.15) is 0 Å². The van der Waals surface area contributed by atoms with Gasteiger partial charge in [0.2, 0.25) is 0 Å². The summed E-state index contributed by atoms with van der Waals surface area (Å²) in [5.74, 6) is 0.726. The number of nitrogens with zero attached hydrogens (tertiary/aromatic N) is 1. The van der Waals surface area contributed by atoms with Crippen LogP contribution in [0.4, 0.5) is 0 Å². The van der Waals surface area contributed by atoms with Crippen LogP contribution in [0.3, 0.4) is 0 Å². The molecule has 2 unspecified atom stereocenters. The van der Waals surface area contributed by atoms with E-state index in [2.05, 4.69) is 30.0 Å². The molecule has 0 aromatic heterocycles. The number of hydrogen-bond donors (Lipinski definition) is 1. The van der Waals surface area contributed by atoms with Gasteiger partial charge in [0.1, 0.15) is 0 Å². The van der Waals surface area contributed by atoms with E-state index in [0.717, 1.165) is 12.5 Å². The largest absolute Gasteiger partial charge is 0.330 e. The van der Waals surface area contributed by atoms with Crippen LogP contribution >= 0.6 is 0 Å². The minimum atomic E-state index is 0.668. The lowest BCUT2D eigenvalue weighted by atomic mass is 10.0. The highest BCUT2D eigenvalue weighted by Gasteiger charge is 2.32. The molecule has 2 aliphatic rings. The van der Waals surface area contributed by atoms with Crippen LogP contribution in [0.1, 0.15) is 35.6 Å². The van der Waals surface area contributed by atoms with Crippen molar-refractivity contribution in [3.8, 4) is 0 Å². The van der Waals surface area contributed by atoms with Crippen LogP contribution in [0.15, 0.2) is 18.2 Å². The SMILES string of the molecule is Cc1ccc2c(c1)C(N1CCC(CN)C1)CC2. The molecule has 17 heavy (non-hydrogen) atoms. The van der Waals surface area contributed by atoms with E-state index in [1.54, 1.807) is 11.1 Å². The molecule has 3 rings (SSSR count). The van der Waals surface area contributed by atoms with E-state index in [1.807, 2.05) is 0 Å². The molecule has 2 N–H and O–H groups in total. The third-order valence-corrected chi connectivity index (χ3v) is 4.44. The lowest BCUT2D eigenvalue weighted by Crippen LogP contribution is -2.26. The first kappa shape index (κ1) is 11.2. The summed E-state index contributed by atoms with van der Waals surface area (Å²) in [6.07, 6.45) is 3.84. The van der Waals surface area contributed by atoms with Gasteiger partial charge in [0.15, 0.2) is 0 Å². The van der Waals surface area contributed by atoms with E-state index >= 15 is 0 Å². The third-order valence-electron chi connectivity index (χ3n) is 4.44. The number of benzene rings is 1. The highest BCUT2D eigenvalue weighted by atomic mass is 15.2. The van der Waals surface area contributed by atoms with Crippen molar-refractivity contribution in [3.05, 3.63) is 34.9 Å². The first-order valence-electron chi connectivity index (χ1n) is 6.81. The summed E-state index contributed by atoms with van der Waals surface area (Å²) >= 11 is 0. The van der Waals surface area contributed by atoms with Crippen LogP contribution < -0.4 is 5.73 Å². The summed E-state index contributed by atoms with van der Waals surface area (Å²) in [7, 11) is 0. The maximum atomic E-state index is 5.79. The summed E-state index contributed by atoms with van der Waals surface area (Å²) in [6, 6.07) is 7.62. The van der Waals surface area contributed by atoms with Gasteiger partial charge in [0.25, 0.3) is 0 Å². The van der Waals surface area contributed by atoms with Gasteiger partial charge in [-0.05, 0) is 56.3 Å². The molecule has 1 aromatic carbocycles. The second kappa shape index (κ2) is 4.43. The third kappa shape index (κ3) is 2.00. The summed E-state index contributed by atoms with van der Waals surface area (Å²) in [5, 5.41) is 0. The fourth-order valence-electron chi connectivity index (χ4n) is 3.42. The Labute approximate surface area is 104 Å². The van der Waals surface area contributed by atoms with Crippen molar-refractivity contribution in [1.29, 1.82) is 0 Å². The summed E-state index contributed by atoms with van der Waals surface area (Å²) in [5.41, 5.74) is 10.3. The first-order valence-corrected chi connectivity index (χ1v) is 6.81. The van der Waals surface area contributed by atoms with E-state index in [0.29, 0.717) is 6.04 Å². The van der Waals surface area contributed by atoms with E-state index in [4.69, 9.17) is 5.73 Å². The molecule has 0 radical (unpaired) electrons. The molecule has 1 aliphatic carbocycles. The van der Waals surface area contributed by atoms with Crippen LogP contribution in [-0.2, 0) is 6.42 Å². The van der Waals surface area contributed by atoms with Crippen LogP contribution in [0.5, 0.6) is 0 Å². The van der Waals surface area contributed by atoms with Crippen LogP contribution in [-0.4, -0.2) is 24.5 Å². The number of likely N-dealkylation sites (tertiary alicyclic amines) is 1. The number of fused-ring (bicyclic) bond motifs is 1. The zero-order valence-electron chi connectivity index (χ0n) is 10.7. The van der Waals surface area contributed by atoms with Crippen LogP contribution in [0.25, 0.3) is 0 Å². The molecule has 0 amide bonds. The van der Waals surface area contributed by atoms with E-state index in [1.165, 1.54) is 37.9 Å². The molecule has 2 atom stereocenters. The van der Waals surface area contributed by atoms with E-state index in [-0.39, 0.29) is 0 Å². The molecule has 92 valence electrons. The summed E-state index contributed by atoms with van der Waals surface area (Å²) < 4.78 is 0. The zero-order valence-corrected chi connectivity index (χ0v) is 10.7. The molecule has 1 fully saturated rings. The van der Waals surface area contributed by atoms with Crippen molar-refractivity contribution in [2.45, 2.75) is 32.2 Å². The molecule has 1 aromatic rings. The smallest absolute Gasteiger partial charge is 0.0354 e. The highest BCUT2D eigenvalue weighted by Crippen LogP contribution is 2.38. The Balaban J connectivity index is 1.81. The minimum absolute atomic E-state index is 0.668. The van der Waals surface area contributed by atoms with E-state index in [9.17, 15) is 0 Å². The average Bonchev–Trinajstić information content (AvgIpc) is 2.93. The molecule has 1 saturated heterocycles. The Hall–Kier alpha value is -0.860. The lowest BCUT2D eigenvalue weighted by molar-refractivity contribution is 0.236.